The summed E-state index contributed by atoms with van der Waals surface area (Å²) in [5.41, 5.74) is 4.75. The van der Waals surface area contributed by atoms with Crippen molar-refractivity contribution < 1.29 is 38.6 Å². The first-order valence-electron chi connectivity index (χ1n) is 21.6. The number of likely N-dealkylation sites (tertiary alicyclic amines) is 1. The number of esters is 2. The Morgan fingerprint density at radius 2 is 1.17 bits per heavy atom. The number of ether oxygens (including phenoxy) is 2. The van der Waals surface area contributed by atoms with Crippen LogP contribution in [0.2, 0.25) is 0 Å². The Balaban J connectivity index is 1.25. The second-order valence-corrected chi connectivity index (χ2v) is 16.3. The molecule has 2 fully saturated rings. The van der Waals surface area contributed by atoms with Gasteiger partial charge in [0.15, 0.2) is 0 Å². The molecule has 2 atom stereocenters. The summed E-state index contributed by atoms with van der Waals surface area (Å²) in [6.07, 6.45) is 3.00. The number of aliphatic hydroxyl groups excluding tert-OH is 1. The highest BCUT2D eigenvalue weighted by Crippen LogP contribution is 2.50. The maximum Gasteiger partial charge on any atom is 0.303 e. The first-order chi connectivity index (χ1) is 31.1. The Bertz CT molecular complexity index is 2850. The van der Waals surface area contributed by atoms with Crippen LogP contribution in [0.15, 0.2) is 138 Å². The number of hydrogen-bond acceptors (Lipinski definition) is 10. The van der Waals surface area contributed by atoms with Crippen LogP contribution in [0.25, 0.3) is 27.6 Å². The molecule has 5 aromatic rings. The number of Topliss-reactive ketones (excluding diaryl/α,β-unsaturated/α-hetero) is 1. The number of carbonyl (C=O) groups excluding carboxylic acids is 5. The standard InChI is InChI=1S/C52H46N4O8/c1-31(57)63-49(33-17-5-3-6-18-33)51(61)53-39-29-41(55-25-13-14-26-55)35-21-9-11-23-37(35)43(39)45-47(59)46(48(45)60)44-38-24-12-10-22-36(38)42(56-27-15-16-28-56)30-40(44)54-52(62)50(64-32(2)58)34-19-7-4-8-20-34/h3-12,17-24,29-30,49-50,59H,13-16,25-28H2,1-2H3,(H,53,61). The number of nitrogens with zero attached hydrogens (tertiary/aromatic N) is 3. The van der Waals surface area contributed by atoms with Crippen molar-refractivity contribution in [1.29, 1.82) is 0 Å². The quantitative estimate of drug-likeness (QED) is 0.103. The molecule has 2 aliphatic carbocycles. The summed E-state index contributed by atoms with van der Waals surface area (Å²) in [6, 6.07) is 34.1. The Labute approximate surface area is 370 Å². The summed E-state index contributed by atoms with van der Waals surface area (Å²) in [6.45, 7) is 5.58. The van der Waals surface area contributed by atoms with E-state index in [1.54, 1.807) is 66.7 Å². The number of amides is 2. The molecule has 322 valence electrons. The van der Waals surface area contributed by atoms with Gasteiger partial charge in [-0.05, 0) is 48.8 Å². The Morgan fingerprint density at radius 1 is 0.641 bits per heavy atom. The van der Waals surface area contributed by atoms with E-state index in [2.05, 4.69) is 20.1 Å². The number of hydrogen-bond donors (Lipinski definition) is 2. The highest BCUT2D eigenvalue weighted by Gasteiger charge is 2.43. The second kappa shape index (κ2) is 17.6. The summed E-state index contributed by atoms with van der Waals surface area (Å²) in [5.74, 6) is -3.62. The highest BCUT2D eigenvalue weighted by atomic mass is 16.6. The molecule has 2 amide bonds. The Hall–Kier alpha value is -7.60. The lowest BCUT2D eigenvalue weighted by molar-refractivity contribution is -0.153. The van der Waals surface area contributed by atoms with Crippen LogP contribution in [-0.4, -0.2) is 71.4 Å². The minimum absolute atomic E-state index is 0.0368. The van der Waals surface area contributed by atoms with Gasteiger partial charge in [0, 0.05) is 84.6 Å². The van der Waals surface area contributed by atoms with Crippen molar-refractivity contribution in [2.45, 2.75) is 51.7 Å². The summed E-state index contributed by atoms with van der Waals surface area (Å²) < 4.78 is 11.1. The van der Waals surface area contributed by atoms with Crippen LogP contribution in [-0.2, 0) is 33.4 Å². The molecule has 4 aliphatic rings. The molecule has 64 heavy (non-hydrogen) atoms. The van der Waals surface area contributed by atoms with Gasteiger partial charge >= 0.3 is 11.9 Å². The zero-order valence-electron chi connectivity index (χ0n) is 35.5. The highest BCUT2D eigenvalue weighted by molar-refractivity contribution is 6.50. The van der Waals surface area contributed by atoms with E-state index in [0.29, 0.717) is 27.6 Å². The van der Waals surface area contributed by atoms with Crippen molar-refractivity contribution in [1.82, 2.24) is 4.90 Å². The number of allylic oxidation sites excluding steroid dienone is 4. The Kier molecular flexibility index (Phi) is 11.5. The summed E-state index contributed by atoms with van der Waals surface area (Å²) in [4.78, 5) is 77.6. The SMILES string of the molecule is CC(=O)OC(C(=O)N=C1C=C(N2CCCC2)c2ccccc2C1=C1C(=O)C(c2c(NC(=O)C(OC(C)=O)c3ccccc3)cc(N3CCCC3)c3ccccc23)=C1O)c1ccccc1. The molecule has 0 spiro atoms. The summed E-state index contributed by atoms with van der Waals surface area (Å²) in [5, 5.41) is 16.9. The summed E-state index contributed by atoms with van der Waals surface area (Å²) >= 11 is 0. The summed E-state index contributed by atoms with van der Waals surface area (Å²) in [7, 11) is 0. The molecule has 12 nitrogen and oxygen atoms in total. The predicted octanol–water partition coefficient (Wildman–Crippen LogP) is 8.71. The largest absolute Gasteiger partial charge is 0.506 e. The number of ketones is 1. The van der Waals surface area contributed by atoms with Gasteiger partial charge in [-0.25, -0.2) is 4.99 Å². The first-order valence-corrected chi connectivity index (χ1v) is 21.6. The molecule has 2 heterocycles. The predicted molar refractivity (Wildman–Crippen MR) is 245 cm³/mol. The number of aliphatic hydroxyl groups is 1. The van der Waals surface area contributed by atoms with Crippen LogP contribution in [0.5, 0.6) is 0 Å². The van der Waals surface area contributed by atoms with Gasteiger partial charge in [-0.2, -0.15) is 0 Å². The van der Waals surface area contributed by atoms with Gasteiger partial charge in [-0.3, -0.25) is 24.0 Å². The molecule has 9 rings (SSSR count). The molecule has 2 N–H and O–H groups in total. The van der Waals surface area contributed by atoms with E-state index >= 15 is 4.79 Å². The number of fused-ring (bicyclic) bond motifs is 2. The van der Waals surface area contributed by atoms with Crippen LogP contribution >= 0.6 is 0 Å². The van der Waals surface area contributed by atoms with E-state index < -0.39 is 41.7 Å². The number of nitrogens with one attached hydrogen (secondary N) is 1. The average molecular weight is 855 g/mol. The molecule has 2 saturated heterocycles. The van der Waals surface area contributed by atoms with Crippen molar-refractivity contribution in [3.05, 3.63) is 160 Å². The third-order valence-electron chi connectivity index (χ3n) is 12.1. The molecule has 0 saturated carbocycles. The Morgan fingerprint density at radius 3 is 1.78 bits per heavy atom. The molecule has 0 bridgehead atoms. The number of aliphatic imine (C=N–C) groups is 1. The van der Waals surface area contributed by atoms with E-state index in [1.165, 1.54) is 13.8 Å². The maximum atomic E-state index is 15.2. The topological polar surface area (TPSA) is 155 Å². The van der Waals surface area contributed by atoms with Crippen LogP contribution in [0.4, 0.5) is 11.4 Å². The first kappa shape index (κ1) is 41.7. The van der Waals surface area contributed by atoms with Gasteiger partial charge in [0.25, 0.3) is 11.8 Å². The molecule has 2 unspecified atom stereocenters. The van der Waals surface area contributed by atoms with Crippen LogP contribution in [0.3, 0.4) is 0 Å². The fourth-order valence-electron chi connectivity index (χ4n) is 9.22. The van der Waals surface area contributed by atoms with E-state index in [9.17, 15) is 24.3 Å². The molecule has 0 aromatic heterocycles. The van der Waals surface area contributed by atoms with Gasteiger partial charge < -0.3 is 29.7 Å². The normalized spacial score (nSPS) is 18.6. The molecule has 0 radical (unpaired) electrons. The number of carbonyl (C=O) groups is 5. The smallest absolute Gasteiger partial charge is 0.303 e. The fraction of sp³-hybridized carbons (Fsp3) is 0.231. The molecule has 5 aromatic carbocycles. The zero-order valence-corrected chi connectivity index (χ0v) is 35.5. The van der Waals surface area contributed by atoms with E-state index in [4.69, 9.17) is 9.47 Å². The van der Waals surface area contributed by atoms with Gasteiger partial charge in [0.1, 0.15) is 5.76 Å². The number of anilines is 2. The van der Waals surface area contributed by atoms with Gasteiger partial charge in [-0.15, -0.1) is 0 Å². The number of rotatable bonds is 10. The molecular weight excluding hydrogens is 809 g/mol. The molecular formula is C52H46N4O8. The lowest BCUT2D eigenvalue weighted by Gasteiger charge is -2.33. The van der Waals surface area contributed by atoms with E-state index in [-0.39, 0.29) is 33.9 Å². The number of benzene rings is 5. The van der Waals surface area contributed by atoms with Gasteiger partial charge in [0.05, 0.1) is 22.5 Å². The minimum atomic E-state index is -1.37. The van der Waals surface area contributed by atoms with Crippen LogP contribution < -0.4 is 10.2 Å². The van der Waals surface area contributed by atoms with Crippen molar-refractivity contribution in [3.8, 4) is 0 Å². The maximum absolute atomic E-state index is 15.2. The lowest BCUT2D eigenvalue weighted by Crippen LogP contribution is -2.30. The monoisotopic (exact) mass is 854 g/mol. The van der Waals surface area contributed by atoms with E-state index in [0.717, 1.165) is 74.2 Å². The van der Waals surface area contributed by atoms with Crippen molar-refractivity contribution >= 4 is 74.2 Å². The molecule has 12 heteroatoms. The van der Waals surface area contributed by atoms with E-state index in [1.807, 2.05) is 54.6 Å². The van der Waals surface area contributed by atoms with Crippen LogP contribution in [0, 0.1) is 0 Å². The zero-order chi connectivity index (χ0) is 44.5. The van der Waals surface area contributed by atoms with Crippen molar-refractivity contribution in [2.75, 3.05) is 36.4 Å². The van der Waals surface area contributed by atoms with Crippen molar-refractivity contribution in [2.24, 2.45) is 4.99 Å². The fourth-order valence-corrected chi connectivity index (χ4v) is 9.22. The van der Waals surface area contributed by atoms with Gasteiger partial charge in [-0.1, -0.05) is 109 Å². The second-order valence-electron chi connectivity index (χ2n) is 16.3. The van der Waals surface area contributed by atoms with Crippen LogP contribution in [0.1, 0.15) is 79.6 Å². The molecule has 2 aliphatic heterocycles. The lowest BCUT2D eigenvalue weighted by atomic mass is 9.74. The average Bonchev–Trinajstić information content (AvgIpc) is 4.05. The van der Waals surface area contributed by atoms with Crippen molar-refractivity contribution in [3.63, 3.8) is 0 Å². The third kappa shape index (κ3) is 7.87. The van der Waals surface area contributed by atoms with Gasteiger partial charge in [0.2, 0.25) is 18.0 Å². The minimum Gasteiger partial charge on any atom is -0.506 e. The third-order valence-corrected chi connectivity index (χ3v) is 12.1.